The second-order valence-electron chi connectivity index (χ2n) is 10.9. The van der Waals surface area contributed by atoms with E-state index in [1.165, 1.54) is 36.4 Å². The van der Waals surface area contributed by atoms with Gasteiger partial charge in [-0.15, -0.1) is 0 Å². The first-order valence-corrected chi connectivity index (χ1v) is 14.2. The highest BCUT2D eigenvalue weighted by molar-refractivity contribution is 6.19. The van der Waals surface area contributed by atoms with Crippen LogP contribution in [0.4, 0.5) is 0 Å². The van der Waals surface area contributed by atoms with E-state index in [4.69, 9.17) is 17.2 Å². The number of phenolic OH excluding ortho intramolecular Hbond substituents is 3. The molecule has 15 heteroatoms. The zero-order valence-corrected chi connectivity index (χ0v) is 25.2. The number of nitrogens with two attached hydrogens (primary N) is 3. The highest BCUT2D eigenvalue weighted by Crippen LogP contribution is 2.27. The maximum atomic E-state index is 14.1. The minimum atomic E-state index is -1.47. The number of rotatable bonds is 16. The summed E-state index contributed by atoms with van der Waals surface area (Å²) in [5.74, 6) is -8.15. The normalized spacial score (nSPS) is 13.3. The first-order chi connectivity index (χ1) is 22.5. The molecule has 3 aromatic rings. The summed E-state index contributed by atoms with van der Waals surface area (Å²) in [6, 6.07) is 6.02. The summed E-state index contributed by atoms with van der Waals surface area (Å²) >= 11 is 0. The Bertz CT molecular complexity index is 1820. The van der Waals surface area contributed by atoms with Gasteiger partial charge in [0.2, 0.25) is 0 Å². The van der Waals surface area contributed by atoms with Crippen LogP contribution in [0.5, 0.6) is 17.2 Å². The average Bonchev–Trinajstić information content (AvgIpc) is 3.02. The lowest BCUT2D eigenvalue weighted by atomic mass is 9.88. The predicted molar refractivity (Wildman–Crippen MR) is 168 cm³/mol. The highest BCUT2D eigenvalue weighted by Gasteiger charge is 2.26. The van der Waals surface area contributed by atoms with Gasteiger partial charge in [-0.1, -0.05) is 18.2 Å². The van der Waals surface area contributed by atoms with Gasteiger partial charge in [0.15, 0.2) is 17.3 Å². The average molecular weight is 664 g/mol. The van der Waals surface area contributed by atoms with E-state index in [0.717, 1.165) is 24.3 Å². The number of benzene rings is 3. The van der Waals surface area contributed by atoms with E-state index in [2.05, 4.69) is 0 Å². The predicted octanol–water partition coefficient (Wildman–Crippen LogP) is 0.932. The second-order valence-corrected chi connectivity index (χ2v) is 10.9. The van der Waals surface area contributed by atoms with Gasteiger partial charge in [-0.05, 0) is 78.4 Å². The molecule has 0 radical (unpaired) electrons. The van der Waals surface area contributed by atoms with Gasteiger partial charge in [0, 0.05) is 28.7 Å². The van der Waals surface area contributed by atoms with Crippen molar-refractivity contribution in [3.8, 4) is 17.2 Å². The van der Waals surface area contributed by atoms with E-state index in [1.807, 2.05) is 0 Å². The van der Waals surface area contributed by atoms with Crippen molar-refractivity contribution >= 4 is 35.3 Å². The number of hydrogen-bond acceptors (Lipinski definition) is 12. The van der Waals surface area contributed by atoms with Crippen LogP contribution in [-0.4, -0.2) is 84.0 Å². The summed E-state index contributed by atoms with van der Waals surface area (Å²) in [7, 11) is 0. The molecule has 0 aliphatic heterocycles. The van der Waals surface area contributed by atoms with Crippen molar-refractivity contribution in [3.63, 3.8) is 0 Å². The molecule has 0 aliphatic carbocycles. The van der Waals surface area contributed by atoms with E-state index in [9.17, 15) is 59.4 Å². The van der Waals surface area contributed by atoms with Crippen molar-refractivity contribution in [3.05, 3.63) is 99.6 Å². The molecular formula is C33H33N3O12. The van der Waals surface area contributed by atoms with Crippen LogP contribution in [0.15, 0.2) is 66.2 Å². The molecular weight excluding hydrogens is 630 g/mol. The number of aromatic hydroxyl groups is 3. The monoisotopic (exact) mass is 663 g/mol. The van der Waals surface area contributed by atoms with Crippen LogP contribution in [0, 0.1) is 0 Å². The van der Waals surface area contributed by atoms with Crippen molar-refractivity contribution in [2.24, 2.45) is 17.2 Å². The number of phenols is 3. The van der Waals surface area contributed by atoms with Gasteiger partial charge < -0.3 is 47.8 Å². The Kier molecular flexibility index (Phi) is 11.9. The third kappa shape index (κ3) is 9.32. The molecule has 0 amide bonds. The number of hydrogen-bond donors (Lipinski definition) is 9. The van der Waals surface area contributed by atoms with Gasteiger partial charge in [0.05, 0.1) is 0 Å². The van der Waals surface area contributed by atoms with Crippen LogP contribution in [0.3, 0.4) is 0 Å². The molecule has 3 rings (SSSR count). The summed E-state index contributed by atoms with van der Waals surface area (Å²) < 4.78 is 0. The molecule has 48 heavy (non-hydrogen) atoms. The van der Waals surface area contributed by atoms with E-state index >= 15 is 0 Å². The maximum Gasteiger partial charge on any atom is 0.320 e. The van der Waals surface area contributed by atoms with Gasteiger partial charge in [-0.3, -0.25) is 28.8 Å². The number of allylic oxidation sites excluding steroid dienone is 2. The van der Waals surface area contributed by atoms with Crippen molar-refractivity contribution in [1.29, 1.82) is 0 Å². The fraction of sp³-hybridized carbons (Fsp3) is 0.212. The number of carboxylic acid groups (broad SMARTS) is 3. The Hall–Kier alpha value is -5.90. The van der Waals surface area contributed by atoms with Crippen LogP contribution in [0.1, 0.15) is 54.2 Å². The highest BCUT2D eigenvalue weighted by atomic mass is 16.4. The van der Waals surface area contributed by atoms with Crippen molar-refractivity contribution in [2.45, 2.75) is 43.8 Å². The minimum Gasteiger partial charge on any atom is -0.508 e. The van der Waals surface area contributed by atoms with E-state index in [1.54, 1.807) is 0 Å². The molecule has 0 spiro atoms. The molecule has 0 fully saturated rings. The Morgan fingerprint density at radius 2 is 0.917 bits per heavy atom. The van der Waals surface area contributed by atoms with Gasteiger partial charge in [0.1, 0.15) is 35.4 Å². The lowest BCUT2D eigenvalue weighted by Gasteiger charge is -2.16. The molecule has 252 valence electrons. The quantitative estimate of drug-likeness (QED) is 0.0760. The molecule has 0 heterocycles. The van der Waals surface area contributed by atoms with Crippen molar-refractivity contribution in [1.82, 2.24) is 0 Å². The Balaban J connectivity index is 2.20. The number of aliphatic carboxylic acids is 3. The van der Waals surface area contributed by atoms with Crippen LogP contribution in [-0.2, 0) is 33.6 Å². The number of carbonyl (C=O) groups is 6. The molecule has 15 nitrogen and oxygen atoms in total. The maximum absolute atomic E-state index is 14.1. The number of ketones is 3. The summed E-state index contributed by atoms with van der Waals surface area (Å²) in [4.78, 5) is 75.7. The zero-order chi connectivity index (χ0) is 35.9. The third-order valence-electron chi connectivity index (χ3n) is 7.31. The first-order valence-electron chi connectivity index (χ1n) is 14.2. The molecule has 0 saturated carbocycles. The molecule has 0 bridgehead atoms. The van der Waals surface area contributed by atoms with Crippen molar-refractivity contribution in [2.75, 3.05) is 0 Å². The molecule has 3 atom stereocenters. The molecule has 12 N–H and O–H groups in total. The summed E-state index contributed by atoms with van der Waals surface area (Å²) in [6.45, 7) is 0. The molecule has 3 unspecified atom stereocenters. The number of Topliss-reactive ketones (excluding diaryl/α,β-unsaturated/α-hetero) is 2. The SMILES string of the molecule is NC(Cc1ccc(O)cc1C(=O)/C=C(\CC(=O)c1cc(O)ccc1CC(N)C(=O)O)C(=O)c1cc(O)ccc1CC(N)C(=O)O)C(=O)O. The van der Waals surface area contributed by atoms with Crippen molar-refractivity contribution < 1.29 is 59.4 Å². The Labute approximate surface area is 272 Å². The standard InChI is InChI=1S/C33H33N3O12/c34-25(31(43)44)7-15-1-4-19(37)12-22(15)28(40)10-18(30(42)24-14-21(39)6-3-17(24)9-27(36)33(47)48)11-29(41)23-13-20(38)5-2-16(23)8-26(35)32(45)46/h1-6,10,12-14,25-27,37-39H,7-9,11,34-36H2,(H,43,44)(H,45,46)(H,47,48)/b18-10+. The lowest BCUT2D eigenvalue weighted by Crippen LogP contribution is -2.33. The zero-order valence-electron chi connectivity index (χ0n) is 25.2. The minimum absolute atomic E-state index is 0.0504. The molecule has 0 aromatic heterocycles. The number of carbonyl (C=O) groups excluding carboxylic acids is 3. The smallest absolute Gasteiger partial charge is 0.320 e. The van der Waals surface area contributed by atoms with Crippen LogP contribution in [0.2, 0.25) is 0 Å². The molecule has 3 aromatic carbocycles. The first kappa shape index (κ1) is 36.6. The van der Waals surface area contributed by atoms with E-state index in [-0.39, 0.29) is 64.1 Å². The summed E-state index contributed by atoms with van der Waals surface area (Å²) in [5.41, 5.74) is 16.0. The lowest BCUT2D eigenvalue weighted by molar-refractivity contribution is -0.139. The largest absolute Gasteiger partial charge is 0.508 e. The molecule has 0 saturated heterocycles. The number of carboxylic acids is 3. The van der Waals surface area contributed by atoms with Gasteiger partial charge in [-0.2, -0.15) is 0 Å². The van der Waals surface area contributed by atoms with E-state index in [0.29, 0.717) is 0 Å². The third-order valence-corrected chi connectivity index (χ3v) is 7.31. The summed E-state index contributed by atoms with van der Waals surface area (Å²) in [6.07, 6.45) is -1.16. The van der Waals surface area contributed by atoms with Gasteiger partial charge in [-0.25, -0.2) is 0 Å². The second kappa shape index (κ2) is 15.6. The van der Waals surface area contributed by atoms with E-state index < -0.39 is 71.1 Å². The topological polar surface area (TPSA) is 302 Å². The Morgan fingerprint density at radius 1 is 0.562 bits per heavy atom. The fourth-order valence-electron chi connectivity index (χ4n) is 4.77. The van der Waals surface area contributed by atoms with Crippen LogP contribution >= 0.6 is 0 Å². The summed E-state index contributed by atoms with van der Waals surface area (Å²) in [5, 5.41) is 58.3. The van der Waals surface area contributed by atoms with Crippen LogP contribution < -0.4 is 17.2 Å². The van der Waals surface area contributed by atoms with Crippen LogP contribution in [0.25, 0.3) is 0 Å². The van der Waals surface area contributed by atoms with Gasteiger partial charge in [0.25, 0.3) is 0 Å². The molecule has 0 aliphatic rings. The fourth-order valence-corrected chi connectivity index (χ4v) is 4.77. The Morgan fingerprint density at radius 3 is 1.33 bits per heavy atom. The van der Waals surface area contributed by atoms with Gasteiger partial charge >= 0.3 is 17.9 Å².